The zero-order valence-electron chi connectivity index (χ0n) is 11.5. The summed E-state index contributed by atoms with van der Waals surface area (Å²) in [6.45, 7) is 2.04. The number of nitrogens with zero attached hydrogens (tertiary/aromatic N) is 1. The fraction of sp³-hybridized carbons (Fsp3) is 0.235. The molecule has 2 aromatic rings. The third kappa shape index (κ3) is 4.09. The zero-order chi connectivity index (χ0) is 13.7. The van der Waals surface area contributed by atoms with Crippen molar-refractivity contribution in [3.05, 3.63) is 71.3 Å². The van der Waals surface area contributed by atoms with Crippen molar-refractivity contribution in [1.29, 1.82) is 5.26 Å². The van der Waals surface area contributed by atoms with E-state index >= 15 is 0 Å². The lowest BCUT2D eigenvalue weighted by Crippen LogP contribution is -2.26. The van der Waals surface area contributed by atoms with Gasteiger partial charge in [-0.3, -0.25) is 0 Å². The van der Waals surface area contributed by atoms with Crippen LogP contribution < -0.4 is 5.73 Å². The first-order chi connectivity index (χ1) is 9.20. The maximum absolute atomic E-state index is 8.81. The molecule has 2 N–H and O–H groups in total. The van der Waals surface area contributed by atoms with E-state index in [1.807, 2.05) is 49.4 Å². The molecular weight excluding hydrogens is 268 g/mol. The lowest BCUT2D eigenvalue weighted by Gasteiger charge is -2.21. The average Bonchev–Trinajstić information content (AvgIpc) is 2.46. The summed E-state index contributed by atoms with van der Waals surface area (Å²) in [4.78, 5) is 0. The maximum atomic E-state index is 8.81. The molecule has 104 valence electrons. The Hall–Kier alpha value is -1.82. The van der Waals surface area contributed by atoms with Crippen LogP contribution in [0.2, 0.25) is 0 Å². The molecule has 0 aliphatic heterocycles. The van der Waals surface area contributed by atoms with Crippen molar-refractivity contribution >= 4 is 12.4 Å². The Bertz CT molecular complexity index is 556. The first kappa shape index (κ1) is 16.2. The fourth-order valence-electron chi connectivity index (χ4n) is 2.28. The van der Waals surface area contributed by atoms with Crippen LogP contribution in [0.15, 0.2) is 54.6 Å². The van der Waals surface area contributed by atoms with Crippen LogP contribution >= 0.6 is 12.4 Å². The van der Waals surface area contributed by atoms with Crippen molar-refractivity contribution < 1.29 is 0 Å². The van der Waals surface area contributed by atoms with E-state index in [0.29, 0.717) is 11.5 Å². The van der Waals surface area contributed by atoms with Gasteiger partial charge in [-0.05, 0) is 36.6 Å². The lowest BCUT2D eigenvalue weighted by atomic mass is 9.87. The molecule has 0 aliphatic carbocycles. The van der Waals surface area contributed by atoms with Crippen molar-refractivity contribution in [3.63, 3.8) is 0 Å². The quantitative estimate of drug-likeness (QED) is 0.932. The molecule has 2 nitrogen and oxygen atoms in total. The molecule has 2 rings (SSSR count). The topological polar surface area (TPSA) is 49.8 Å². The molecule has 0 aliphatic rings. The second-order valence-corrected chi connectivity index (χ2v) is 4.89. The molecule has 2 aromatic carbocycles. The standard InChI is InChI=1S/C17H18N2.ClH/c1-13(19)17(16-5-3-2-4-6-16)11-14-7-9-15(12-18)10-8-14;/h2-10,13,17H,11,19H2,1H3;1H. The number of nitrogens with two attached hydrogens (primary N) is 1. The smallest absolute Gasteiger partial charge is 0.0991 e. The van der Waals surface area contributed by atoms with E-state index in [9.17, 15) is 0 Å². The van der Waals surface area contributed by atoms with Crippen LogP contribution in [-0.2, 0) is 6.42 Å². The van der Waals surface area contributed by atoms with E-state index in [-0.39, 0.29) is 18.4 Å². The molecule has 3 heteroatoms. The SMILES string of the molecule is CC(N)C(Cc1ccc(C#N)cc1)c1ccccc1.Cl. The summed E-state index contributed by atoms with van der Waals surface area (Å²) in [6.07, 6.45) is 0.896. The molecule has 0 fully saturated rings. The van der Waals surface area contributed by atoms with Crippen molar-refractivity contribution in [2.24, 2.45) is 5.73 Å². The number of hydrogen-bond donors (Lipinski definition) is 1. The summed E-state index contributed by atoms with van der Waals surface area (Å²) >= 11 is 0. The molecule has 0 amide bonds. The van der Waals surface area contributed by atoms with Crippen LogP contribution in [0.4, 0.5) is 0 Å². The van der Waals surface area contributed by atoms with Gasteiger partial charge in [-0.25, -0.2) is 0 Å². The van der Waals surface area contributed by atoms with Gasteiger partial charge in [-0.15, -0.1) is 12.4 Å². The van der Waals surface area contributed by atoms with E-state index in [4.69, 9.17) is 11.0 Å². The summed E-state index contributed by atoms with van der Waals surface area (Å²) in [7, 11) is 0. The fourth-order valence-corrected chi connectivity index (χ4v) is 2.28. The van der Waals surface area contributed by atoms with Gasteiger partial charge in [0.2, 0.25) is 0 Å². The van der Waals surface area contributed by atoms with Crippen LogP contribution in [-0.4, -0.2) is 6.04 Å². The molecule has 20 heavy (non-hydrogen) atoms. The highest BCUT2D eigenvalue weighted by molar-refractivity contribution is 5.85. The Balaban J connectivity index is 0.00000200. The van der Waals surface area contributed by atoms with Crippen molar-refractivity contribution in [2.45, 2.75) is 25.3 Å². The van der Waals surface area contributed by atoms with Crippen molar-refractivity contribution in [3.8, 4) is 6.07 Å². The summed E-state index contributed by atoms with van der Waals surface area (Å²) in [6, 6.07) is 20.3. The molecule has 0 bridgehead atoms. The Morgan fingerprint density at radius 3 is 2.15 bits per heavy atom. The Morgan fingerprint density at radius 2 is 1.65 bits per heavy atom. The van der Waals surface area contributed by atoms with Gasteiger partial charge in [0.1, 0.15) is 0 Å². The van der Waals surface area contributed by atoms with Gasteiger partial charge in [-0.2, -0.15) is 5.26 Å². The minimum absolute atomic E-state index is 0. The number of rotatable bonds is 4. The lowest BCUT2D eigenvalue weighted by molar-refractivity contribution is 0.565. The molecule has 0 heterocycles. The Kier molecular flexibility index (Phi) is 6.24. The highest BCUT2D eigenvalue weighted by Crippen LogP contribution is 2.23. The van der Waals surface area contributed by atoms with Gasteiger partial charge < -0.3 is 5.73 Å². The van der Waals surface area contributed by atoms with Gasteiger partial charge in [0.05, 0.1) is 11.6 Å². The zero-order valence-corrected chi connectivity index (χ0v) is 12.3. The first-order valence-corrected chi connectivity index (χ1v) is 6.50. The molecule has 0 saturated carbocycles. The Labute approximate surface area is 126 Å². The van der Waals surface area contributed by atoms with Crippen LogP contribution in [0, 0.1) is 11.3 Å². The maximum Gasteiger partial charge on any atom is 0.0991 e. The summed E-state index contributed by atoms with van der Waals surface area (Å²) in [5.41, 5.74) is 9.29. The molecule has 0 radical (unpaired) electrons. The minimum Gasteiger partial charge on any atom is -0.327 e. The summed E-state index contributed by atoms with van der Waals surface area (Å²) in [5, 5.41) is 8.81. The van der Waals surface area contributed by atoms with Gasteiger partial charge in [-0.1, -0.05) is 42.5 Å². The monoisotopic (exact) mass is 286 g/mol. The van der Waals surface area contributed by atoms with E-state index < -0.39 is 0 Å². The first-order valence-electron chi connectivity index (χ1n) is 6.50. The van der Waals surface area contributed by atoms with Gasteiger partial charge in [0.15, 0.2) is 0 Å². The molecule has 0 saturated heterocycles. The van der Waals surface area contributed by atoms with Crippen molar-refractivity contribution in [2.75, 3.05) is 0 Å². The third-order valence-electron chi connectivity index (χ3n) is 3.40. The molecule has 2 atom stereocenters. The van der Waals surface area contributed by atoms with Gasteiger partial charge in [0, 0.05) is 12.0 Å². The molecule has 0 aromatic heterocycles. The Morgan fingerprint density at radius 1 is 1.05 bits per heavy atom. The molecule has 2 unspecified atom stereocenters. The second-order valence-electron chi connectivity index (χ2n) is 4.89. The van der Waals surface area contributed by atoms with Crippen molar-refractivity contribution in [1.82, 2.24) is 0 Å². The van der Waals surface area contributed by atoms with E-state index in [2.05, 4.69) is 18.2 Å². The molecule has 0 spiro atoms. The van der Waals surface area contributed by atoms with Crippen LogP contribution in [0.5, 0.6) is 0 Å². The van der Waals surface area contributed by atoms with E-state index in [1.54, 1.807) is 0 Å². The summed E-state index contributed by atoms with van der Waals surface area (Å²) in [5.74, 6) is 0.300. The average molecular weight is 287 g/mol. The van der Waals surface area contributed by atoms with Crippen LogP contribution in [0.25, 0.3) is 0 Å². The normalized spacial score (nSPS) is 12.8. The number of halogens is 1. The number of nitriles is 1. The molecular formula is C17H19ClN2. The third-order valence-corrected chi connectivity index (χ3v) is 3.40. The predicted octanol–water partition coefficient (Wildman–Crippen LogP) is 3.65. The second kappa shape index (κ2) is 7.69. The minimum atomic E-state index is 0. The van der Waals surface area contributed by atoms with E-state index in [0.717, 1.165) is 6.42 Å². The van der Waals surface area contributed by atoms with Gasteiger partial charge >= 0.3 is 0 Å². The predicted molar refractivity (Wildman–Crippen MR) is 84.9 cm³/mol. The highest BCUT2D eigenvalue weighted by atomic mass is 35.5. The highest BCUT2D eigenvalue weighted by Gasteiger charge is 2.16. The number of hydrogen-bond acceptors (Lipinski definition) is 2. The van der Waals surface area contributed by atoms with Crippen LogP contribution in [0.1, 0.15) is 29.5 Å². The van der Waals surface area contributed by atoms with E-state index in [1.165, 1.54) is 11.1 Å². The summed E-state index contributed by atoms with van der Waals surface area (Å²) < 4.78 is 0. The van der Waals surface area contributed by atoms with Gasteiger partial charge in [0.25, 0.3) is 0 Å². The number of benzene rings is 2. The van der Waals surface area contributed by atoms with Crippen LogP contribution in [0.3, 0.4) is 0 Å². The largest absolute Gasteiger partial charge is 0.327 e.